The van der Waals surface area contributed by atoms with Crippen molar-refractivity contribution in [2.75, 3.05) is 13.1 Å². The second-order valence-electron chi connectivity index (χ2n) is 6.67. The molecular formula is C19H24F2IN3OS. The first-order chi connectivity index (χ1) is 12.4. The molecule has 1 aromatic carbocycles. The molecule has 3 N–H and O–H groups in total. The third kappa shape index (κ3) is 5.39. The van der Waals surface area contributed by atoms with E-state index in [1.165, 1.54) is 29.5 Å². The average Bonchev–Trinajstić information content (AvgIpc) is 3.10. The Morgan fingerprint density at radius 1 is 1.30 bits per heavy atom. The number of benzene rings is 1. The van der Waals surface area contributed by atoms with Crippen molar-refractivity contribution < 1.29 is 13.9 Å². The molecule has 1 fully saturated rings. The normalized spacial score (nSPS) is 21.1. The Balaban J connectivity index is 0.00000261. The van der Waals surface area contributed by atoms with Gasteiger partial charge in [-0.3, -0.25) is 0 Å². The van der Waals surface area contributed by atoms with E-state index in [1.807, 2.05) is 24.4 Å². The zero-order chi connectivity index (χ0) is 18.7. The van der Waals surface area contributed by atoms with Crippen molar-refractivity contribution in [2.24, 2.45) is 4.99 Å². The Kier molecular flexibility index (Phi) is 7.58. The molecule has 27 heavy (non-hydrogen) atoms. The molecule has 0 spiro atoms. The zero-order valence-corrected chi connectivity index (χ0v) is 18.4. The largest absolute Gasteiger partial charge is 0.383 e. The lowest BCUT2D eigenvalue weighted by atomic mass is 10.1. The third-order valence-electron chi connectivity index (χ3n) is 4.42. The molecule has 2 aromatic rings. The average molecular weight is 507 g/mol. The van der Waals surface area contributed by atoms with Gasteiger partial charge in [0.2, 0.25) is 0 Å². The lowest BCUT2D eigenvalue weighted by Gasteiger charge is -2.20. The van der Waals surface area contributed by atoms with Crippen LogP contribution in [-0.2, 0) is 5.60 Å². The van der Waals surface area contributed by atoms with E-state index in [-0.39, 0.29) is 48.0 Å². The molecule has 0 aliphatic heterocycles. The van der Waals surface area contributed by atoms with Crippen LogP contribution in [0, 0.1) is 11.6 Å². The monoisotopic (exact) mass is 507 g/mol. The molecule has 4 nitrogen and oxygen atoms in total. The van der Waals surface area contributed by atoms with Crippen LogP contribution in [0.15, 0.2) is 40.7 Å². The molecule has 0 bridgehead atoms. The number of guanidine groups is 1. The van der Waals surface area contributed by atoms with Crippen LogP contribution in [0.25, 0.3) is 0 Å². The minimum absolute atomic E-state index is 0. The van der Waals surface area contributed by atoms with E-state index in [2.05, 4.69) is 15.6 Å². The molecule has 1 aliphatic carbocycles. The Labute approximate surface area is 179 Å². The summed E-state index contributed by atoms with van der Waals surface area (Å²) < 4.78 is 27.8. The summed E-state index contributed by atoms with van der Waals surface area (Å²) >= 11 is 1.48. The summed E-state index contributed by atoms with van der Waals surface area (Å²) in [5, 5.41) is 18.8. The van der Waals surface area contributed by atoms with Crippen LogP contribution in [0.2, 0.25) is 0 Å². The van der Waals surface area contributed by atoms with Crippen molar-refractivity contribution in [3.63, 3.8) is 0 Å². The highest BCUT2D eigenvalue weighted by atomic mass is 127. The van der Waals surface area contributed by atoms with Gasteiger partial charge in [0.05, 0.1) is 6.54 Å². The van der Waals surface area contributed by atoms with Crippen LogP contribution >= 0.6 is 35.3 Å². The first kappa shape index (κ1) is 22.0. The van der Waals surface area contributed by atoms with E-state index < -0.39 is 17.2 Å². The Morgan fingerprint density at radius 3 is 2.59 bits per heavy atom. The number of nitrogens with one attached hydrogen (secondary N) is 2. The van der Waals surface area contributed by atoms with Crippen LogP contribution < -0.4 is 10.6 Å². The molecule has 3 unspecified atom stereocenters. The number of thiophene rings is 1. The van der Waals surface area contributed by atoms with E-state index in [4.69, 9.17) is 0 Å². The minimum atomic E-state index is -1.06. The molecule has 1 aliphatic rings. The Hall–Kier alpha value is -1.26. The predicted molar refractivity (Wildman–Crippen MR) is 116 cm³/mol. The number of halogens is 3. The number of rotatable bonds is 6. The lowest BCUT2D eigenvalue weighted by molar-refractivity contribution is 0.0711. The summed E-state index contributed by atoms with van der Waals surface area (Å²) in [5.41, 5.74) is -0.927. The van der Waals surface area contributed by atoms with E-state index in [9.17, 15) is 13.9 Å². The highest BCUT2D eigenvalue weighted by molar-refractivity contribution is 14.0. The number of aliphatic imine (C=N–C) groups is 1. The maximum Gasteiger partial charge on any atom is 0.191 e. The molecule has 1 heterocycles. The van der Waals surface area contributed by atoms with E-state index in [1.54, 1.807) is 6.92 Å². The minimum Gasteiger partial charge on any atom is -0.383 e. The molecule has 148 valence electrons. The summed E-state index contributed by atoms with van der Waals surface area (Å²) in [5.74, 6) is -0.699. The van der Waals surface area contributed by atoms with Gasteiger partial charge < -0.3 is 15.7 Å². The molecular weight excluding hydrogens is 483 g/mol. The van der Waals surface area contributed by atoms with Gasteiger partial charge in [-0.15, -0.1) is 35.3 Å². The highest BCUT2D eigenvalue weighted by Crippen LogP contribution is 2.43. The van der Waals surface area contributed by atoms with Crippen molar-refractivity contribution in [1.29, 1.82) is 0 Å². The molecule has 0 radical (unpaired) electrons. The number of aliphatic hydroxyl groups is 1. The van der Waals surface area contributed by atoms with Crippen molar-refractivity contribution in [3.05, 3.63) is 57.8 Å². The topological polar surface area (TPSA) is 56.7 Å². The highest BCUT2D eigenvalue weighted by Gasteiger charge is 2.42. The van der Waals surface area contributed by atoms with Gasteiger partial charge in [-0.05, 0) is 43.8 Å². The third-order valence-corrected chi connectivity index (χ3v) is 5.55. The van der Waals surface area contributed by atoms with Crippen LogP contribution in [-0.4, -0.2) is 30.2 Å². The number of hydrogen-bond acceptors (Lipinski definition) is 3. The second-order valence-corrected chi connectivity index (χ2v) is 7.62. The molecule has 3 rings (SSSR count). The summed E-state index contributed by atoms with van der Waals surface area (Å²) in [7, 11) is 0. The number of nitrogens with zero attached hydrogens (tertiary/aromatic N) is 1. The Morgan fingerprint density at radius 2 is 2.00 bits per heavy atom. The van der Waals surface area contributed by atoms with Crippen molar-refractivity contribution in [2.45, 2.75) is 37.8 Å². The molecule has 8 heteroatoms. The van der Waals surface area contributed by atoms with Crippen molar-refractivity contribution in [1.82, 2.24) is 10.6 Å². The van der Waals surface area contributed by atoms with E-state index >= 15 is 0 Å². The number of hydrogen-bond donors (Lipinski definition) is 3. The summed E-state index contributed by atoms with van der Waals surface area (Å²) in [6.07, 6.45) is 0.642. The summed E-state index contributed by atoms with van der Waals surface area (Å²) in [6, 6.07) is 7.62. The van der Waals surface area contributed by atoms with Crippen LogP contribution in [0.3, 0.4) is 0 Å². The van der Waals surface area contributed by atoms with Gasteiger partial charge in [0.25, 0.3) is 0 Å². The first-order valence-corrected chi connectivity index (χ1v) is 9.55. The van der Waals surface area contributed by atoms with Gasteiger partial charge in [-0.25, -0.2) is 13.8 Å². The van der Waals surface area contributed by atoms with Gasteiger partial charge >= 0.3 is 0 Å². The van der Waals surface area contributed by atoms with E-state index in [0.29, 0.717) is 18.9 Å². The molecule has 1 saturated carbocycles. The smallest absolute Gasteiger partial charge is 0.191 e. The summed E-state index contributed by atoms with van der Waals surface area (Å²) in [4.78, 5) is 5.30. The first-order valence-electron chi connectivity index (χ1n) is 8.67. The Bertz CT molecular complexity index is 763. The molecule has 1 aromatic heterocycles. The quantitative estimate of drug-likeness (QED) is 0.315. The fourth-order valence-electron chi connectivity index (χ4n) is 2.93. The van der Waals surface area contributed by atoms with Crippen molar-refractivity contribution in [3.8, 4) is 0 Å². The van der Waals surface area contributed by atoms with Gasteiger partial charge in [0.15, 0.2) is 5.96 Å². The van der Waals surface area contributed by atoms with Crippen LogP contribution in [0.5, 0.6) is 0 Å². The van der Waals surface area contributed by atoms with E-state index in [0.717, 1.165) is 4.88 Å². The maximum absolute atomic E-state index is 13.9. The summed E-state index contributed by atoms with van der Waals surface area (Å²) in [6.45, 7) is 4.50. The standard InChI is InChI=1S/C19H23F2N3OS.HI/c1-3-22-18(23-11-19(2,25)16-8-5-9-26-16)24-15-10-12(15)17-13(20)6-4-7-14(17)21;/h4-9,12,15,25H,3,10-11H2,1-2H3,(H2,22,23,24);1H. The SMILES string of the molecule is CCNC(=NCC(C)(O)c1cccs1)NC1CC1c1c(F)cccc1F.I. The van der Waals surface area contributed by atoms with Crippen LogP contribution in [0.1, 0.15) is 36.6 Å². The molecule has 0 amide bonds. The fraction of sp³-hybridized carbons (Fsp3) is 0.421. The van der Waals surface area contributed by atoms with Gasteiger partial charge in [0, 0.05) is 28.9 Å². The van der Waals surface area contributed by atoms with Crippen LogP contribution in [0.4, 0.5) is 8.78 Å². The predicted octanol–water partition coefficient (Wildman–Crippen LogP) is 3.96. The maximum atomic E-state index is 13.9. The van der Waals surface area contributed by atoms with Gasteiger partial charge in [-0.1, -0.05) is 12.1 Å². The lowest BCUT2D eigenvalue weighted by Crippen LogP contribution is -2.40. The van der Waals surface area contributed by atoms with Gasteiger partial charge in [-0.2, -0.15) is 0 Å². The molecule has 3 atom stereocenters. The molecule has 0 saturated heterocycles. The zero-order valence-electron chi connectivity index (χ0n) is 15.2. The fourth-order valence-corrected chi connectivity index (χ4v) is 3.71. The van der Waals surface area contributed by atoms with Gasteiger partial charge in [0.1, 0.15) is 17.2 Å². The van der Waals surface area contributed by atoms with Crippen molar-refractivity contribution >= 4 is 41.3 Å². The second kappa shape index (κ2) is 9.29.